The van der Waals surface area contributed by atoms with Gasteiger partial charge in [-0.25, -0.2) is 0 Å². The van der Waals surface area contributed by atoms with E-state index in [-0.39, 0.29) is 0 Å². The lowest BCUT2D eigenvalue weighted by atomic mass is 9.87. The second-order valence-electron chi connectivity index (χ2n) is 5.08. The number of benzene rings is 1. The van der Waals surface area contributed by atoms with Crippen LogP contribution in [0.4, 0.5) is 0 Å². The molecule has 1 aromatic carbocycles. The Kier molecular flexibility index (Phi) is 5.96. The van der Waals surface area contributed by atoms with Gasteiger partial charge in [0.2, 0.25) is 0 Å². The fourth-order valence-corrected chi connectivity index (χ4v) is 3.20. The molecule has 0 aromatic heterocycles. The Bertz CT molecular complexity index is 385. The molecular formula is C15H21Cl2NO. The molecule has 2 nitrogen and oxygen atoms in total. The van der Waals surface area contributed by atoms with Gasteiger partial charge in [0.05, 0.1) is 0 Å². The molecule has 1 N–H and O–H groups in total. The molecule has 0 spiro atoms. The molecule has 0 aliphatic carbocycles. The molecule has 1 unspecified atom stereocenters. The van der Waals surface area contributed by atoms with Crippen LogP contribution in [0.5, 0.6) is 0 Å². The van der Waals surface area contributed by atoms with Crippen molar-refractivity contribution in [2.24, 2.45) is 5.92 Å². The minimum absolute atomic E-state index is 0.319. The van der Waals surface area contributed by atoms with Gasteiger partial charge in [-0.1, -0.05) is 30.1 Å². The molecule has 4 heteroatoms. The molecular weight excluding hydrogens is 281 g/mol. The van der Waals surface area contributed by atoms with E-state index in [1.807, 2.05) is 12.1 Å². The zero-order valence-corrected chi connectivity index (χ0v) is 12.8. The zero-order valence-electron chi connectivity index (χ0n) is 11.3. The quantitative estimate of drug-likeness (QED) is 0.867. The Labute approximate surface area is 125 Å². The molecule has 19 heavy (non-hydrogen) atoms. The molecule has 1 heterocycles. The maximum Gasteiger partial charge on any atom is 0.0469 e. The summed E-state index contributed by atoms with van der Waals surface area (Å²) in [6.07, 6.45) is 3.30. The predicted octanol–water partition coefficient (Wildman–Crippen LogP) is 4.46. The molecule has 1 fully saturated rings. The van der Waals surface area contributed by atoms with Crippen LogP contribution in [0.3, 0.4) is 0 Å². The normalized spacial score (nSPS) is 18.5. The summed E-state index contributed by atoms with van der Waals surface area (Å²) in [5, 5.41) is 5.05. The molecule has 0 amide bonds. The van der Waals surface area contributed by atoms with Gasteiger partial charge in [-0.2, -0.15) is 0 Å². The first-order chi connectivity index (χ1) is 9.20. The molecule has 0 radical (unpaired) electrons. The first kappa shape index (κ1) is 15.1. The standard InChI is InChI=1S/C15H21Cl2NO/c1-2-5-18-15(11-3-6-19-7-4-11)12-8-13(16)10-14(17)9-12/h8-11,15,18H,2-7H2,1H3. The highest BCUT2D eigenvalue weighted by Crippen LogP contribution is 2.33. The Hall–Kier alpha value is -0.280. The van der Waals surface area contributed by atoms with Gasteiger partial charge in [-0.15, -0.1) is 0 Å². The van der Waals surface area contributed by atoms with Gasteiger partial charge in [-0.3, -0.25) is 0 Å². The van der Waals surface area contributed by atoms with Crippen LogP contribution in [0.25, 0.3) is 0 Å². The van der Waals surface area contributed by atoms with E-state index in [9.17, 15) is 0 Å². The molecule has 1 saturated heterocycles. The molecule has 0 bridgehead atoms. The van der Waals surface area contributed by atoms with E-state index in [1.165, 1.54) is 5.56 Å². The van der Waals surface area contributed by atoms with Gasteiger partial charge >= 0.3 is 0 Å². The third-order valence-corrected chi connectivity index (χ3v) is 4.03. The number of rotatable bonds is 5. The van der Waals surface area contributed by atoms with E-state index in [4.69, 9.17) is 27.9 Å². The number of hydrogen-bond acceptors (Lipinski definition) is 2. The topological polar surface area (TPSA) is 21.3 Å². The third kappa shape index (κ3) is 4.35. The highest BCUT2D eigenvalue weighted by Gasteiger charge is 2.25. The summed E-state index contributed by atoms with van der Waals surface area (Å²) in [4.78, 5) is 0. The van der Waals surface area contributed by atoms with E-state index in [2.05, 4.69) is 12.2 Å². The van der Waals surface area contributed by atoms with Crippen molar-refractivity contribution in [3.8, 4) is 0 Å². The lowest BCUT2D eigenvalue weighted by Crippen LogP contribution is -2.32. The minimum atomic E-state index is 0.319. The van der Waals surface area contributed by atoms with E-state index >= 15 is 0 Å². The zero-order chi connectivity index (χ0) is 13.7. The average molecular weight is 302 g/mol. The first-order valence-electron chi connectivity index (χ1n) is 6.98. The second kappa shape index (κ2) is 7.49. The van der Waals surface area contributed by atoms with Gasteiger partial charge < -0.3 is 10.1 Å². The van der Waals surface area contributed by atoms with Crippen LogP contribution >= 0.6 is 23.2 Å². The van der Waals surface area contributed by atoms with Crippen molar-refractivity contribution in [1.82, 2.24) is 5.32 Å². The number of nitrogens with one attached hydrogen (secondary N) is 1. The third-order valence-electron chi connectivity index (χ3n) is 3.60. The number of ether oxygens (including phenoxy) is 1. The minimum Gasteiger partial charge on any atom is -0.381 e. The first-order valence-corrected chi connectivity index (χ1v) is 7.73. The lowest BCUT2D eigenvalue weighted by molar-refractivity contribution is 0.0536. The van der Waals surface area contributed by atoms with Crippen molar-refractivity contribution in [3.05, 3.63) is 33.8 Å². The van der Waals surface area contributed by atoms with E-state index in [1.54, 1.807) is 6.07 Å². The molecule has 1 aliphatic heterocycles. The van der Waals surface area contributed by atoms with Gasteiger partial charge in [-0.05, 0) is 55.5 Å². The van der Waals surface area contributed by atoms with Crippen LogP contribution in [0, 0.1) is 5.92 Å². The molecule has 0 saturated carbocycles. The van der Waals surface area contributed by atoms with Gasteiger partial charge in [0.25, 0.3) is 0 Å². The van der Waals surface area contributed by atoms with Crippen molar-refractivity contribution in [3.63, 3.8) is 0 Å². The van der Waals surface area contributed by atoms with Crippen LogP contribution in [-0.2, 0) is 4.74 Å². The lowest BCUT2D eigenvalue weighted by Gasteiger charge is -2.31. The van der Waals surface area contributed by atoms with Gasteiger partial charge in [0.1, 0.15) is 0 Å². The van der Waals surface area contributed by atoms with Crippen molar-refractivity contribution < 1.29 is 4.74 Å². The molecule has 1 atom stereocenters. The molecule has 1 aromatic rings. The van der Waals surface area contributed by atoms with Gasteiger partial charge in [0, 0.05) is 29.3 Å². The van der Waals surface area contributed by atoms with E-state index in [0.29, 0.717) is 22.0 Å². The van der Waals surface area contributed by atoms with Crippen molar-refractivity contribution in [2.75, 3.05) is 19.8 Å². The van der Waals surface area contributed by atoms with Crippen LogP contribution < -0.4 is 5.32 Å². The number of halogens is 2. The molecule has 2 rings (SSSR count). The van der Waals surface area contributed by atoms with Crippen LogP contribution in [-0.4, -0.2) is 19.8 Å². The van der Waals surface area contributed by atoms with Crippen LogP contribution in [0.1, 0.15) is 37.8 Å². The Morgan fingerprint density at radius 3 is 2.42 bits per heavy atom. The summed E-state index contributed by atoms with van der Waals surface area (Å²) in [5.74, 6) is 0.592. The fourth-order valence-electron chi connectivity index (χ4n) is 2.66. The molecule has 106 valence electrons. The predicted molar refractivity (Wildman–Crippen MR) is 81.0 cm³/mol. The Balaban J connectivity index is 2.19. The summed E-state index contributed by atoms with van der Waals surface area (Å²) in [5.41, 5.74) is 1.19. The highest BCUT2D eigenvalue weighted by molar-refractivity contribution is 6.34. The SMILES string of the molecule is CCCNC(c1cc(Cl)cc(Cl)c1)C1CCOCC1. The van der Waals surface area contributed by atoms with E-state index < -0.39 is 0 Å². The highest BCUT2D eigenvalue weighted by atomic mass is 35.5. The largest absolute Gasteiger partial charge is 0.381 e. The smallest absolute Gasteiger partial charge is 0.0469 e. The van der Waals surface area contributed by atoms with Gasteiger partial charge in [0.15, 0.2) is 0 Å². The van der Waals surface area contributed by atoms with Crippen LogP contribution in [0.15, 0.2) is 18.2 Å². The van der Waals surface area contributed by atoms with Crippen molar-refractivity contribution in [1.29, 1.82) is 0 Å². The average Bonchev–Trinajstić information content (AvgIpc) is 2.39. The summed E-state index contributed by atoms with van der Waals surface area (Å²) >= 11 is 12.3. The monoisotopic (exact) mass is 301 g/mol. The van der Waals surface area contributed by atoms with Crippen LogP contribution in [0.2, 0.25) is 10.0 Å². The summed E-state index contributed by atoms with van der Waals surface area (Å²) in [6, 6.07) is 6.15. The summed E-state index contributed by atoms with van der Waals surface area (Å²) < 4.78 is 5.46. The summed E-state index contributed by atoms with van der Waals surface area (Å²) in [6.45, 7) is 4.89. The number of hydrogen-bond donors (Lipinski definition) is 1. The second-order valence-corrected chi connectivity index (χ2v) is 5.96. The van der Waals surface area contributed by atoms with Crippen molar-refractivity contribution >= 4 is 23.2 Å². The fraction of sp³-hybridized carbons (Fsp3) is 0.600. The maximum atomic E-state index is 6.13. The maximum absolute atomic E-state index is 6.13. The molecule has 1 aliphatic rings. The van der Waals surface area contributed by atoms with Crippen molar-refractivity contribution in [2.45, 2.75) is 32.2 Å². The van der Waals surface area contributed by atoms with E-state index in [0.717, 1.165) is 39.0 Å². The Morgan fingerprint density at radius 1 is 1.21 bits per heavy atom. The Morgan fingerprint density at radius 2 is 1.84 bits per heavy atom. The summed E-state index contributed by atoms with van der Waals surface area (Å²) in [7, 11) is 0.